The topological polar surface area (TPSA) is 20.3 Å². The smallest absolute Gasteiger partial charge is 0.157 e. The number of carbonyl (C=O) groups excluding carboxylic acids is 1. The van der Waals surface area contributed by atoms with Gasteiger partial charge in [0.15, 0.2) is 5.78 Å². The van der Waals surface area contributed by atoms with Gasteiger partial charge in [0, 0.05) is 6.42 Å². The van der Waals surface area contributed by atoms with Crippen molar-refractivity contribution in [1.29, 1.82) is 0 Å². The van der Waals surface area contributed by atoms with Crippen LogP contribution in [0.25, 0.3) is 0 Å². The maximum absolute atomic E-state index is 14.1. The second kappa shape index (κ2) is 6.05. The highest BCUT2D eigenvalue weighted by Gasteiger charge is 2.46. The summed E-state index contributed by atoms with van der Waals surface area (Å²) in [4.78, 5) is 15.3. The molecule has 1 heterocycles. The fourth-order valence-electron chi connectivity index (χ4n) is 3.90. The summed E-state index contributed by atoms with van der Waals surface area (Å²) in [7, 11) is 0. The van der Waals surface area contributed by atoms with Gasteiger partial charge >= 0.3 is 0 Å². The van der Waals surface area contributed by atoms with Crippen LogP contribution in [0.2, 0.25) is 5.02 Å². The van der Waals surface area contributed by atoms with Gasteiger partial charge in [-0.1, -0.05) is 36.6 Å². The number of halogens is 2. The molecule has 0 amide bonds. The van der Waals surface area contributed by atoms with E-state index >= 15 is 0 Å². The van der Waals surface area contributed by atoms with Gasteiger partial charge < -0.3 is 0 Å². The van der Waals surface area contributed by atoms with E-state index in [9.17, 15) is 9.18 Å². The van der Waals surface area contributed by atoms with Crippen LogP contribution in [0.5, 0.6) is 0 Å². The lowest BCUT2D eigenvalue weighted by molar-refractivity contribution is -0.129. The largest absolute Gasteiger partial charge is 0.297 e. The van der Waals surface area contributed by atoms with Gasteiger partial charge in [0.05, 0.1) is 10.6 Å². The van der Waals surface area contributed by atoms with E-state index < -0.39 is 5.82 Å². The first-order valence-electron chi connectivity index (χ1n) is 7.85. The Labute approximate surface area is 130 Å². The molecule has 0 spiro atoms. The number of likely N-dealkylation sites (tertiary alicyclic amines) is 1. The Bertz CT molecular complexity index is 534. The van der Waals surface area contributed by atoms with Crippen LogP contribution in [0.3, 0.4) is 0 Å². The molecule has 0 unspecified atom stereocenters. The van der Waals surface area contributed by atoms with Gasteiger partial charge in [-0.3, -0.25) is 9.69 Å². The predicted octanol–water partition coefficient (Wildman–Crippen LogP) is 4.00. The predicted molar refractivity (Wildman–Crippen MR) is 82.1 cm³/mol. The van der Waals surface area contributed by atoms with Crippen LogP contribution in [-0.2, 0) is 11.2 Å². The first-order chi connectivity index (χ1) is 10.1. The van der Waals surface area contributed by atoms with Gasteiger partial charge in [0.2, 0.25) is 0 Å². The zero-order valence-electron chi connectivity index (χ0n) is 12.2. The normalized spacial score (nSPS) is 21.8. The van der Waals surface area contributed by atoms with Crippen LogP contribution < -0.4 is 0 Å². The molecule has 2 aliphatic rings. The molecule has 2 fully saturated rings. The van der Waals surface area contributed by atoms with Crippen molar-refractivity contribution >= 4 is 17.4 Å². The van der Waals surface area contributed by atoms with E-state index in [2.05, 4.69) is 4.90 Å². The van der Waals surface area contributed by atoms with E-state index in [0.717, 1.165) is 38.8 Å². The first-order valence-corrected chi connectivity index (χ1v) is 8.22. The van der Waals surface area contributed by atoms with Crippen molar-refractivity contribution in [3.63, 3.8) is 0 Å². The molecule has 0 radical (unpaired) electrons. The van der Waals surface area contributed by atoms with Crippen molar-refractivity contribution in [2.24, 2.45) is 0 Å². The van der Waals surface area contributed by atoms with E-state index in [1.54, 1.807) is 12.1 Å². The van der Waals surface area contributed by atoms with E-state index in [1.165, 1.54) is 18.9 Å². The third-order valence-electron chi connectivity index (χ3n) is 5.04. The van der Waals surface area contributed by atoms with Gasteiger partial charge in [-0.25, -0.2) is 4.39 Å². The number of benzene rings is 1. The maximum atomic E-state index is 14.1. The summed E-state index contributed by atoms with van der Waals surface area (Å²) >= 11 is 5.82. The van der Waals surface area contributed by atoms with Crippen molar-refractivity contribution < 1.29 is 9.18 Å². The lowest BCUT2D eigenvalue weighted by Gasteiger charge is -2.37. The summed E-state index contributed by atoms with van der Waals surface area (Å²) in [6.45, 7) is 2.01. The molecule has 1 aromatic rings. The Morgan fingerprint density at radius 2 is 1.86 bits per heavy atom. The van der Waals surface area contributed by atoms with E-state index in [-0.39, 0.29) is 22.8 Å². The molecule has 0 atom stereocenters. The van der Waals surface area contributed by atoms with Crippen molar-refractivity contribution in [2.75, 3.05) is 13.1 Å². The standard InChI is InChI=1S/C17H21ClFNO/c18-14-7-5-6-13(16(14)19)12-15(21)17(8-1-2-9-17)20-10-3-4-11-20/h5-7H,1-4,8-12H2. The Kier molecular flexibility index (Phi) is 4.32. The van der Waals surface area contributed by atoms with Crippen molar-refractivity contribution in [3.8, 4) is 0 Å². The van der Waals surface area contributed by atoms with E-state index in [4.69, 9.17) is 11.6 Å². The molecule has 1 aliphatic heterocycles. The SMILES string of the molecule is O=C(Cc1cccc(Cl)c1F)C1(N2CCCC2)CCCC1. The second-order valence-electron chi connectivity index (χ2n) is 6.25. The van der Waals surface area contributed by atoms with Crippen LogP contribution >= 0.6 is 11.6 Å². The van der Waals surface area contributed by atoms with Crippen LogP contribution in [0.1, 0.15) is 44.1 Å². The Morgan fingerprint density at radius 1 is 1.19 bits per heavy atom. The number of nitrogens with zero attached hydrogens (tertiary/aromatic N) is 1. The fourth-order valence-corrected chi connectivity index (χ4v) is 4.09. The van der Waals surface area contributed by atoms with Gasteiger partial charge in [-0.15, -0.1) is 0 Å². The van der Waals surface area contributed by atoms with Crippen LogP contribution in [0.4, 0.5) is 4.39 Å². The molecule has 1 aromatic carbocycles. The maximum Gasteiger partial charge on any atom is 0.157 e. The van der Waals surface area contributed by atoms with Gasteiger partial charge in [-0.2, -0.15) is 0 Å². The van der Waals surface area contributed by atoms with Crippen LogP contribution in [0.15, 0.2) is 18.2 Å². The molecule has 21 heavy (non-hydrogen) atoms. The van der Waals surface area contributed by atoms with Crippen molar-refractivity contribution in [1.82, 2.24) is 4.90 Å². The molecular formula is C17H21ClFNO. The summed E-state index contributed by atoms with van der Waals surface area (Å²) in [5, 5.41) is 0.0990. The number of rotatable bonds is 4. The number of carbonyl (C=O) groups is 1. The Balaban J connectivity index is 1.83. The number of ketones is 1. The number of Topliss-reactive ketones (excluding diaryl/α,β-unsaturated/α-hetero) is 1. The van der Waals surface area contributed by atoms with Crippen molar-refractivity contribution in [2.45, 2.75) is 50.5 Å². The lowest BCUT2D eigenvalue weighted by atomic mass is 9.86. The average molecular weight is 310 g/mol. The Morgan fingerprint density at radius 3 is 2.52 bits per heavy atom. The molecule has 1 saturated heterocycles. The molecule has 3 rings (SSSR count). The fraction of sp³-hybridized carbons (Fsp3) is 0.588. The molecule has 1 saturated carbocycles. The molecule has 2 nitrogen and oxygen atoms in total. The second-order valence-corrected chi connectivity index (χ2v) is 6.65. The van der Waals surface area contributed by atoms with Crippen molar-refractivity contribution in [3.05, 3.63) is 34.6 Å². The number of hydrogen-bond donors (Lipinski definition) is 0. The molecule has 114 valence electrons. The minimum absolute atomic E-state index is 0.0990. The summed E-state index contributed by atoms with van der Waals surface area (Å²) in [6, 6.07) is 4.91. The average Bonchev–Trinajstić information content (AvgIpc) is 3.14. The molecule has 1 aliphatic carbocycles. The molecular weight excluding hydrogens is 289 g/mol. The number of hydrogen-bond acceptors (Lipinski definition) is 2. The zero-order valence-corrected chi connectivity index (χ0v) is 13.0. The molecule has 0 N–H and O–H groups in total. The van der Waals surface area contributed by atoms with Crippen LogP contribution in [0, 0.1) is 5.82 Å². The summed E-state index contributed by atoms with van der Waals surface area (Å²) in [5.74, 6) is -0.273. The minimum Gasteiger partial charge on any atom is -0.297 e. The lowest BCUT2D eigenvalue weighted by Crippen LogP contribution is -2.52. The van der Waals surface area contributed by atoms with Gasteiger partial charge in [0.1, 0.15) is 5.82 Å². The molecule has 4 heteroatoms. The van der Waals surface area contributed by atoms with E-state index in [1.807, 2.05) is 0 Å². The van der Waals surface area contributed by atoms with Crippen LogP contribution in [-0.4, -0.2) is 29.3 Å². The summed E-state index contributed by atoms with van der Waals surface area (Å²) in [6.07, 6.45) is 6.53. The molecule has 0 bridgehead atoms. The third-order valence-corrected chi connectivity index (χ3v) is 5.34. The van der Waals surface area contributed by atoms with Gasteiger partial charge in [-0.05, 0) is 50.4 Å². The summed E-state index contributed by atoms with van der Waals surface area (Å²) < 4.78 is 14.1. The highest BCUT2D eigenvalue weighted by molar-refractivity contribution is 6.30. The quantitative estimate of drug-likeness (QED) is 0.838. The Hall–Kier alpha value is -0.930. The highest BCUT2D eigenvalue weighted by Crippen LogP contribution is 2.39. The van der Waals surface area contributed by atoms with E-state index in [0.29, 0.717) is 5.56 Å². The minimum atomic E-state index is -0.443. The first kappa shape index (κ1) is 15.0. The third kappa shape index (κ3) is 2.74. The molecule has 0 aromatic heterocycles. The monoisotopic (exact) mass is 309 g/mol. The highest BCUT2D eigenvalue weighted by atomic mass is 35.5. The summed E-state index contributed by atoms with van der Waals surface area (Å²) in [5.41, 5.74) is 0.0867. The zero-order chi connectivity index (χ0) is 14.9. The van der Waals surface area contributed by atoms with Gasteiger partial charge in [0.25, 0.3) is 0 Å².